The summed E-state index contributed by atoms with van der Waals surface area (Å²) < 4.78 is 0. The lowest BCUT2D eigenvalue weighted by Crippen LogP contribution is -2.30. The van der Waals surface area contributed by atoms with Crippen molar-refractivity contribution in [2.24, 2.45) is 5.92 Å². The van der Waals surface area contributed by atoms with Gasteiger partial charge in [-0.05, 0) is 31.4 Å². The molecule has 16 heavy (non-hydrogen) atoms. The molecule has 1 fully saturated rings. The van der Waals surface area contributed by atoms with E-state index in [-0.39, 0.29) is 0 Å². The van der Waals surface area contributed by atoms with Gasteiger partial charge in [0.25, 0.3) is 0 Å². The van der Waals surface area contributed by atoms with E-state index < -0.39 is 0 Å². The van der Waals surface area contributed by atoms with Crippen molar-refractivity contribution in [2.75, 3.05) is 0 Å². The second-order valence-electron chi connectivity index (χ2n) is 4.78. The predicted molar refractivity (Wildman–Crippen MR) is 67.5 cm³/mol. The molecule has 1 aliphatic carbocycles. The van der Waals surface area contributed by atoms with Gasteiger partial charge in [-0.15, -0.1) is 0 Å². The minimum Gasteiger partial charge on any atom is -0.309 e. The second-order valence-corrected chi connectivity index (χ2v) is 5.22. The molecule has 1 aromatic heterocycles. The number of pyridine rings is 1. The smallest absolute Gasteiger partial charge is 0.0589 e. The maximum Gasteiger partial charge on any atom is 0.0589 e. The molecule has 1 saturated carbocycles. The lowest BCUT2D eigenvalue weighted by atomic mass is 9.81. The highest BCUT2D eigenvalue weighted by atomic mass is 35.5. The fourth-order valence-corrected chi connectivity index (χ4v) is 2.21. The van der Waals surface area contributed by atoms with Crippen molar-refractivity contribution in [3.05, 3.63) is 29.0 Å². The van der Waals surface area contributed by atoms with Crippen molar-refractivity contribution in [3.8, 4) is 0 Å². The molecule has 0 saturated heterocycles. The van der Waals surface area contributed by atoms with Crippen molar-refractivity contribution < 1.29 is 0 Å². The Morgan fingerprint density at radius 3 is 2.88 bits per heavy atom. The molecule has 3 heteroatoms. The Hall–Kier alpha value is -0.600. The van der Waals surface area contributed by atoms with Gasteiger partial charge < -0.3 is 5.32 Å². The SMILES string of the molecule is CC(CC1CCC1)NCc1ccc(Cl)cn1. The highest BCUT2D eigenvalue weighted by Crippen LogP contribution is 2.30. The number of nitrogens with zero attached hydrogens (tertiary/aromatic N) is 1. The fraction of sp³-hybridized carbons (Fsp3) is 0.615. The van der Waals surface area contributed by atoms with Gasteiger partial charge in [0.1, 0.15) is 0 Å². The molecule has 0 radical (unpaired) electrons. The summed E-state index contributed by atoms with van der Waals surface area (Å²) in [6, 6.07) is 4.45. The van der Waals surface area contributed by atoms with Gasteiger partial charge in [0.15, 0.2) is 0 Å². The summed E-state index contributed by atoms with van der Waals surface area (Å²) >= 11 is 5.79. The number of hydrogen-bond acceptors (Lipinski definition) is 2. The van der Waals surface area contributed by atoms with Crippen LogP contribution in [0.15, 0.2) is 18.3 Å². The minimum atomic E-state index is 0.586. The average molecular weight is 239 g/mol. The van der Waals surface area contributed by atoms with Gasteiger partial charge in [0.2, 0.25) is 0 Å². The fourth-order valence-electron chi connectivity index (χ4n) is 2.10. The van der Waals surface area contributed by atoms with E-state index in [0.717, 1.165) is 18.2 Å². The summed E-state index contributed by atoms with van der Waals surface area (Å²) in [6.07, 6.45) is 7.27. The van der Waals surface area contributed by atoms with Crippen molar-refractivity contribution in [2.45, 2.75) is 45.2 Å². The molecule has 0 aliphatic heterocycles. The molecule has 88 valence electrons. The van der Waals surface area contributed by atoms with Crippen LogP contribution in [-0.2, 0) is 6.54 Å². The van der Waals surface area contributed by atoms with Crippen LogP contribution >= 0.6 is 11.6 Å². The van der Waals surface area contributed by atoms with Gasteiger partial charge in [-0.25, -0.2) is 0 Å². The summed E-state index contributed by atoms with van der Waals surface area (Å²) in [5.41, 5.74) is 1.06. The van der Waals surface area contributed by atoms with Gasteiger partial charge in [-0.1, -0.05) is 30.9 Å². The van der Waals surface area contributed by atoms with Crippen LogP contribution in [0.25, 0.3) is 0 Å². The van der Waals surface area contributed by atoms with Crippen LogP contribution in [0.4, 0.5) is 0 Å². The zero-order chi connectivity index (χ0) is 11.4. The normalized spacial score (nSPS) is 18.1. The van der Waals surface area contributed by atoms with Crippen molar-refractivity contribution in [3.63, 3.8) is 0 Å². The lowest BCUT2D eigenvalue weighted by molar-refractivity contribution is 0.265. The third-order valence-electron chi connectivity index (χ3n) is 3.33. The molecule has 1 N–H and O–H groups in total. The van der Waals surface area contributed by atoms with Gasteiger partial charge >= 0.3 is 0 Å². The third kappa shape index (κ3) is 3.46. The van der Waals surface area contributed by atoms with Crippen LogP contribution in [0.2, 0.25) is 5.02 Å². The van der Waals surface area contributed by atoms with Gasteiger partial charge in [0.05, 0.1) is 10.7 Å². The number of aromatic nitrogens is 1. The average Bonchev–Trinajstić information content (AvgIpc) is 2.23. The summed E-state index contributed by atoms with van der Waals surface area (Å²) in [4.78, 5) is 4.27. The molecule has 1 aromatic rings. The van der Waals surface area contributed by atoms with Gasteiger partial charge in [-0.3, -0.25) is 4.98 Å². The van der Waals surface area contributed by atoms with Crippen LogP contribution < -0.4 is 5.32 Å². The second kappa shape index (κ2) is 5.65. The lowest BCUT2D eigenvalue weighted by Gasteiger charge is -2.28. The van der Waals surface area contributed by atoms with Crippen LogP contribution in [-0.4, -0.2) is 11.0 Å². The molecule has 1 heterocycles. The van der Waals surface area contributed by atoms with Gasteiger partial charge in [-0.2, -0.15) is 0 Å². The Morgan fingerprint density at radius 2 is 2.31 bits per heavy atom. The van der Waals surface area contributed by atoms with E-state index in [1.807, 2.05) is 12.1 Å². The Labute approximate surface area is 102 Å². The maximum atomic E-state index is 5.79. The zero-order valence-electron chi connectivity index (χ0n) is 9.75. The molecule has 2 rings (SSSR count). The molecule has 1 aliphatic rings. The number of halogens is 1. The van der Waals surface area contributed by atoms with Crippen molar-refractivity contribution in [1.29, 1.82) is 0 Å². The number of hydrogen-bond donors (Lipinski definition) is 1. The summed E-state index contributed by atoms with van der Waals surface area (Å²) in [6.45, 7) is 3.10. The van der Waals surface area contributed by atoms with Crippen LogP contribution in [0, 0.1) is 5.92 Å². The largest absolute Gasteiger partial charge is 0.309 e. The van der Waals surface area contributed by atoms with E-state index in [1.54, 1.807) is 6.20 Å². The molecule has 0 spiro atoms. The molecule has 2 nitrogen and oxygen atoms in total. The zero-order valence-corrected chi connectivity index (χ0v) is 10.5. The maximum absolute atomic E-state index is 5.79. The Bertz CT molecular complexity index is 319. The third-order valence-corrected chi connectivity index (χ3v) is 3.56. The molecule has 1 atom stereocenters. The van der Waals surface area contributed by atoms with E-state index in [0.29, 0.717) is 11.1 Å². The Morgan fingerprint density at radius 1 is 1.50 bits per heavy atom. The number of rotatable bonds is 5. The standard InChI is InChI=1S/C13H19ClN2/c1-10(7-11-3-2-4-11)15-9-13-6-5-12(14)8-16-13/h5-6,8,10-11,15H,2-4,7,9H2,1H3. The molecule has 0 aromatic carbocycles. The van der Waals surface area contributed by atoms with Crippen molar-refractivity contribution in [1.82, 2.24) is 10.3 Å². The van der Waals surface area contributed by atoms with E-state index in [4.69, 9.17) is 11.6 Å². The summed E-state index contributed by atoms with van der Waals surface area (Å²) in [5.74, 6) is 0.959. The minimum absolute atomic E-state index is 0.586. The van der Waals surface area contributed by atoms with E-state index in [1.165, 1.54) is 25.7 Å². The molecule has 0 amide bonds. The summed E-state index contributed by atoms with van der Waals surface area (Å²) in [5, 5.41) is 4.21. The predicted octanol–water partition coefficient (Wildman–Crippen LogP) is 3.40. The highest BCUT2D eigenvalue weighted by Gasteiger charge is 2.19. The van der Waals surface area contributed by atoms with Crippen LogP contribution in [0.1, 0.15) is 38.3 Å². The first-order chi connectivity index (χ1) is 7.74. The topological polar surface area (TPSA) is 24.9 Å². The number of nitrogens with one attached hydrogen (secondary N) is 1. The first-order valence-corrected chi connectivity index (χ1v) is 6.45. The molecule has 0 bridgehead atoms. The van der Waals surface area contributed by atoms with Gasteiger partial charge in [0, 0.05) is 18.8 Å². The van der Waals surface area contributed by atoms with Crippen molar-refractivity contribution >= 4 is 11.6 Å². The quantitative estimate of drug-likeness (QED) is 0.851. The van der Waals surface area contributed by atoms with Crippen LogP contribution in [0.5, 0.6) is 0 Å². The highest BCUT2D eigenvalue weighted by molar-refractivity contribution is 6.30. The molecular weight excluding hydrogens is 220 g/mol. The van der Waals surface area contributed by atoms with Crippen LogP contribution in [0.3, 0.4) is 0 Å². The first-order valence-electron chi connectivity index (χ1n) is 6.08. The van der Waals surface area contributed by atoms with E-state index in [9.17, 15) is 0 Å². The molecule has 1 unspecified atom stereocenters. The monoisotopic (exact) mass is 238 g/mol. The molecular formula is C13H19ClN2. The Kier molecular flexibility index (Phi) is 4.19. The van der Waals surface area contributed by atoms with E-state index in [2.05, 4.69) is 17.2 Å². The first kappa shape index (κ1) is 11.9. The summed E-state index contributed by atoms with van der Waals surface area (Å²) in [7, 11) is 0. The van der Waals surface area contributed by atoms with E-state index >= 15 is 0 Å². The Balaban J connectivity index is 1.71.